The number of carboxylic acid groups (broad SMARTS) is 1. The molecule has 0 aromatic heterocycles. The van der Waals surface area contributed by atoms with E-state index in [0.29, 0.717) is 6.42 Å². The summed E-state index contributed by atoms with van der Waals surface area (Å²) in [4.78, 5) is 24.1. The van der Waals surface area contributed by atoms with Crippen LogP contribution in [0.25, 0.3) is 0 Å². The van der Waals surface area contributed by atoms with Gasteiger partial charge in [0.05, 0.1) is 0 Å². The minimum Gasteiger partial charge on any atom is -0.480 e. The highest BCUT2D eigenvalue weighted by Crippen LogP contribution is 2.28. The Hall–Kier alpha value is -2.62. The summed E-state index contributed by atoms with van der Waals surface area (Å²) in [6.45, 7) is 3.86. The van der Waals surface area contributed by atoms with E-state index in [1.807, 2.05) is 74.5 Å². The molecule has 4 heteroatoms. The van der Waals surface area contributed by atoms with Gasteiger partial charge in [-0.1, -0.05) is 74.5 Å². The first-order valence-corrected chi connectivity index (χ1v) is 8.11. The second kappa shape index (κ2) is 8.29. The van der Waals surface area contributed by atoms with E-state index in [2.05, 4.69) is 5.32 Å². The van der Waals surface area contributed by atoms with E-state index in [4.69, 9.17) is 0 Å². The molecule has 24 heavy (non-hydrogen) atoms. The van der Waals surface area contributed by atoms with Gasteiger partial charge in [0.15, 0.2) is 0 Å². The van der Waals surface area contributed by atoms with E-state index >= 15 is 0 Å². The van der Waals surface area contributed by atoms with Crippen LogP contribution in [0.2, 0.25) is 0 Å². The standard InChI is InChI=1S/C20H23NO3/c1-14(2)13-17(22)21-19(20(23)24)18(15-9-5-3-6-10-15)16-11-7-4-8-12-16/h3-12,14,18-19H,13H2,1-2H3,(H,21,22)(H,23,24)/t19-/m0/s1. The predicted octanol–water partition coefficient (Wildman–Crippen LogP) is 3.43. The summed E-state index contributed by atoms with van der Waals surface area (Å²) < 4.78 is 0. The molecule has 0 saturated carbocycles. The van der Waals surface area contributed by atoms with E-state index in [1.54, 1.807) is 0 Å². The van der Waals surface area contributed by atoms with E-state index in [1.165, 1.54) is 0 Å². The maximum absolute atomic E-state index is 12.2. The van der Waals surface area contributed by atoms with Crippen LogP contribution in [0.3, 0.4) is 0 Å². The third-order valence-corrected chi connectivity index (χ3v) is 3.83. The predicted molar refractivity (Wildman–Crippen MR) is 93.7 cm³/mol. The van der Waals surface area contributed by atoms with E-state index in [9.17, 15) is 14.7 Å². The maximum atomic E-state index is 12.2. The average molecular weight is 325 g/mol. The van der Waals surface area contributed by atoms with Crippen molar-refractivity contribution < 1.29 is 14.7 Å². The number of hydrogen-bond donors (Lipinski definition) is 2. The third kappa shape index (κ3) is 4.69. The van der Waals surface area contributed by atoms with Crippen molar-refractivity contribution in [2.24, 2.45) is 5.92 Å². The SMILES string of the molecule is CC(C)CC(=O)N[C@H](C(=O)O)C(c1ccccc1)c1ccccc1. The summed E-state index contributed by atoms with van der Waals surface area (Å²) >= 11 is 0. The van der Waals surface area contributed by atoms with Crippen LogP contribution in [0.5, 0.6) is 0 Å². The number of benzene rings is 2. The van der Waals surface area contributed by atoms with Crippen molar-refractivity contribution >= 4 is 11.9 Å². The largest absolute Gasteiger partial charge is 0.480 e. The highest BCUT2D eigenvalue weighted by atomic mass is 16.4. The van der Waals surface area contributed by atoms with Crippen LogP contribution in [0.1, 0.15) is 37.3 Å². The summed E-state index contributed by atoms with van der Waals surface area (Å²) in [7, 11) is 0. The normalized spacial score (nSPS) is 12.2. The molecule has 0 unspecified atom stereocenters. The van der Waals surface area contributed by atoms with Crippen LogP contribution >= 0.6 is 0 Å². The number of amides is 1. The summed E-state index contributed by atoms with van der Waals surface area (Å²) in [5, 5.41) is 12.4. The molecule has 2 aromatic rings. The number of carboxylic acids is 1. The fraction of sp³-hybridized carbons (Fsp3) is 0.300. The van der Waals surface area contributed by atoms with Gasteiger partial charge in [-0.25, -0.2) is 4.79 Å². The minimum absolute atomic E-state index is 0.173. The van der Waals surface area contributed by atoms with Crippen molar-refractivity contribution in [3.05, 3.63) is 71.8 Å². The topological polar surface area (TPSA) is 66.4 Å². The van der Waals surface area contributed by atoms with Crippen molar-refractivity contribution in [2.45, 2.75) is 32.2 Å². The molecule has 2 aromatic carbocycles. The van der Waals surface area contributed by atoms with Gasteiger partial charge in [0, 0.05) is 12.3 Å². The molecule has 2 rings (SSSR count). The second-order valence-corrected chi connectivity index (χ2v) is 6.28. The van der Waals surface area contributed by atoms with Gasteiger partial charge < -0.3 is 10.4 Å². The Kier molecular flexibility index (Phi) is 6.13. The van der Waals surface area contributed by atoms with Gasteiger partial charge in [-0.2, -0.15) is 0 Å². The van der Waals surface area contributed by atoms with Crippen molar-refractivity contribution in [3.63, 3.8) is 0 Å². The molecule has 0 aliphatic rings. The lowest BCUT2D eigenvalue weighted by Crippen LogP contribution is -2.45. The molecule has 0 fully saturated rings. The number of carbonyl (C=O) groups excluding carboxylic acids is 1. The molecule has 0 spiro atoms. The molecule has 1 amide bonds. The van der Waals surface area contributed by atoms with E-state index < -0.39 is 17.9 Å². The van der Waals surface area contributed by atoms with Crippen LogP contribution < -0.4 is 5.32 Å². The van der Waals surface area contributed by atoms with Crippen LogP contribution in [0.15, 0.2) is 60.7 Å². The number of hydrogen-bond acceptors (Lipinski definition) is 2. The molecule has 126 valence electrons. The average Bonchev–Trinajstić information content (AvgIpc) is 2.55. The van der Waals surface area contributed by atoms with Gasteiger partial charge in [-0.15, -0.1) is 0 Å². The van der Waals surface area contributed by atoms with Gasteiger partial charge in [0.2, 0.25) is 5.91 Å². The van der Waals surface area contributed by atoms with Crippen molar-refractivity contribution in [3.8, 4) is 0 Å². The molecule has 4 nitrogen and oxygen atoms in total. The maximum Gasteiger partial charge on any atom is 0.327 e. The Bertz CT molecular complexity index is 628. The summed E-state index contributed by atoms with van der Waals surface area (Å²) in [5.74, 6) is -1.55. The van der Waals surface area contributed by atoms with E-state index in [-0.39, 0.29) is 11.8 Å². The minimum atomic E-state index is -1.04. The van der Waals surface area contributed by atoms with Crippen LogP contribution in [0.4, 0.5) is 0 Å². The number of nitrogens with one attached hydrogen (secondary N) is 1. The van der Waals surface area contributed by atoms with Gasteiger partial charge in [-0.3, -0.25) is 4.79 Å². The van der Waals surface area contributed by atoms with Gasteiger partial charge in [-0.05, 0) is 17.0 Å². The first-order chi connectivity index (χ1) is 11.5. The Labute approximate surface area is 142 Å². The zero-order valence-corrected chi connectivity index (χ0v) is 14.0. The molecule has 0 bridgehead atoms. The molecular formula is C20H23NO3. The van der Waals surface area contributed by atoms with Crippen molar-refractivity contribution in [1.29, 1.82) is 0 Å². The number of aliphatic carboxylic acids is 1. The smallest absolute Gasteiger partial charge is 0.327 e. The molecule has 0 heterocycles. The fourth-order valence-electron chi connectivity index (χ4n) is 2.79. The lowest BCUT2D eigenvalue weighted by atomic mass is 9.85. The third-order valence-electron chi connectivity index (χ3n) is 3.83. The summed E-state index contributed by atoms with van der Waals surface area (Å²) in [6.07, 6.45) is 0.306. The molecule has 0 radical (unpaired) electrons. The Morgan fingerprint density at radius 2 is 1.38 bits per heavy atom. The van der Waals surface area contributed by atoms with Gasteiger partial charge >= 0.3 is 5.97 Å². The van der Waals surface area contributed by atoms with Crippen LogP contribution in [0, 0.1) is 5.92 Å². The molecule has 2 N–H and O–H groups in total. The Balaban J connectivity index is 2.39. The fourth-order valence-corrected chi connectivity index (χ4v) is 2.79. The molecular weight excluding hydrogens is 302 g/mol. The molecule has 1 atom stereocenters. The summed E-state index contributed by atoms with van der Waals surface area (Å²) in [5.41, 5.74) is 1.72. The molecule has 0 saturated heterocycles. The molecule has 0 aliphatic carbocycles. The monoisotopic (exact) mass is 325 g/mol. The number of carbonyl (C=O) groups is 2. The van der Waals surface area contributed by atoms with Gasteiger partial charge in [0.1, 0.15) is 6.04 Å². The quantitative estimate of drug-likeness (QED) is 0.819. The first-order valence-electron chi connectivity index (χ1n) is 8.11. The van der Waals surface area contributed by atoms with Crippen molar-refractivity contribution in [1.82, 2.24) is 5.32 Å². The second-order valence-electron chi connectivity index (χ2n) is 6.28. The lowest BCUT2D eigenvalue weighted by Gasteiger charge is -2.26. The Morgan fingerprint density at radius 3 is 1.75 bits per heavy atom. The highest BCUT2D eigenvalue weighted by Gasteiger charge is 2.32. The zero-order valence-electron chi connectivity index (χ0n) is 14.0. The van der Waals surface area contributed by atoms with Crippen LogP contribution in [-0.4, -0.2) is 23.0 Å². The first kappa shape index (κ1) is 17.7. The Morgan fingerprint density at radius 1 is 0.917 bits per heavy atom. The van der Waals surface area contributed by atoms with Crippen molar-refractivity contribution in [2.75, 3.05) is 0 Å². The number of rotatable bonds is 7. The zero-order chi connectivity index (χ0) is 17.5. The van der Waals surface area contributed by atoms with E-state index in [0.717, 1.165) is 11.1 Å². The van der Waals surface area contributed by atoms with Gasteiger partial charge in [0.25, 0.3) is 0 Å². The summed E-state index contributed by atoms with van der Waals surface area (Å²) in [6, 6.07) is 17.8. The molecule has 0 aliphatic heterocycles. The lowest BCUT2D eigenvalue weighted by molar-refractivity contribution is -0.142. The van der Waals surface area contributed by atoms with Crippen LogP contribution in [-0.2, 0) is 9.59 Å². The highest BCUT2D eigenvalue weighted by molar-refractivity contribution is 5.85.